The lowest BCUT2D eigenvalue weighted by molar-refractivity contribution is 0.314. The standard InChI is InChI=1S/C16H26BrNOS/c1-4-20-9-5-8-19-16-7-6-15(17)10-14(16)12-18-11-13(2)3/h6-7,10,13,18H,4-5,8-9,11-12H2,1-3H3. The van der Waals surface area contributed by atoms with E-state index in [9.17, 15) is 0 Å². The first kappa shape index (κ1) is 17.9. The molecule has 0 saturated heterocycles. The minimum absolute atomic E-state index is 0.664. The third kappa shape index (κ3) is 7.55. The van der Waals surface area contributed by atoms with Gasteiger partial charge in [-0.3, -0.25) is 0 Å². The quantitative estimate of drug-likeness (QED) is 0.610. The molecule has 0 aliphatic rings. The molecule has 0 aliphatic heterocycles. The SMILES string of the molecule is CCSCCCOc1ccc(Br)cc1CNCC(C)C. The summed E-state index contributed by atoms with van der Waals surface area (Å²) in [5.74, 6) is 4.03. The molecule has 0 aromatic heterocycles. The van der Waals surface area contributed by atoms with E-state index in [-0.39, 0.29) is 0 Å². The molecule has 1 rings (SSSR count). The predicted molar refractivity (Wildman–Crippen MR) is 93.8 cm³/mol. The highest BCUT2D eigenvalue weighted by Gasteiger charge is 2.05. The third-order valence-electron chi connectivity index (χ3n) is 2.79. The highest BCUT2D eigenvalue weighted by atomic mass is 79.9. The Kier molecular flexibility index (Phi) is 9.40. The number of halogens is 1. The topological polar surface area (TPSA) is 21.3 Å². The number of nitrogens with one attached hydrogen (secondary N) is 1. The summed E-state index contributed by atoms with van der Waals surface area (Å²) in [6.45, 7) is 9.31. The van der Waals surface area contributed by atoms with Crippen molar-refractivity contribution in [3.8, 4) is 5.75 Å². The van der Waals surface area contributed by atoms with Gasteiger partial charge in [0, 0.05) is 16.6 Å². The molecule has 0 atom stereocenters. The van der Waals surface area contributed by atoms with Gasteiger partial charge < -0.3 is 10.1 Å². The van der Waals surface area contributed by atoms with Gasteiger partial charge >= 0.3 is 0 Å². The average molecular weight is 360 g/mol. The van der Waals surface area contributed by atoms with E-state index in [1.54, 1.807) is 0 Å². The Hall–Kier alpha value is -0.190. The highest BCUT2D eigenvalue weighted by Crippen LogP contribution is 2.23. The molecule has 0 amide bonds. The van der Waals surface area contributed by atoms with Crippen molar-refractivity contribution in [1.29, 1.82) is 0 Å². The van der Waals surface area contributed by atoms with Gasteiger partial charge in [-0.15, -0.1) is 0 Å². The molecule has 0 aliphatic carbocycles. The number of hydrogen-bond acceptors (Lipinski definition) is 3. The Labute approximate surface area is 136 Å². The van der Waals surface area contributed by atoms with Gasteiger partial charge in [0.05, 0.1) is 6.61 Å². The number of thioether (sulfide) groups is 1. The molecule has 0 unspecified atom stereocenters. The van der Waals surface area contributed by atoms with Crippen LogP contribution in [0.15, 0.2) is 22.7 Å². The minimum Gasteiger partial charge on any atom is -0.493 e. The monoisotopic (exact) mass is 359 g/mol. The molecule has 0 bridgehead atoms. The number of ether oxygens (including phenoxy) is 1. The van der Waals surface area contributed by atoms with Crippen molar-refractivity contribution < 1.29 is 4.74 Å². The van der Waals surface area contributed by atoms with E-state index < -0.39 is 0 Å². The van der Waals surface area contributed by atoms with E-state index in [0.717, 1.165) is 36.3 Å². The van der Waals surface area contributed by atoms with Crippen molar-refractivity contribution in [2.24, 2.45) is 5.92 Å². The fourth-order valence-corrected chi connectivity index (χ4v) is 2.83. The summed E-state index contributed by atoms with van der Waals surface area (Å²) in [7, 11) is 0. The average Bonchev–Trinajstić information content (AvgIpc) is 2.40. The van der Waals surface area contributed by atoms with E-state index in [4.69, 9.17) is 4.74 Å². The van der Waals surface area contributed by atoms with E-state index in [1.807, 2.05) is 17.8 Å². The van der Waals surface area contributed by atoms with Crippen LogP contribution in [0.25, 0.3) is 0 Å². The van der Waals surface area contributed by atoms with E-state index in [1.165, 1.54) is 17.1 Å². The molecule has 1 aromatic carbocycles. The normalized spacial score (nSPS) is 11.1. The van der Waals surface area contributed by atoms with E-state index in [2.05, 4.69) is 54.2 Å². The lowest BCUT2D eigenvalue weighted by Crippen LogP contribution is -2.19. The fourth-order valence-electron chi connectivity index (χ4n) is 1.81. The van der Waals surface area contributed by atoms with E-state index >= 15 is 0 Å². The first-order valence-corrected chi connectivity index (χ1v) is 9.28. The van der Waals surface area contributed by atoms with Crippen molar-refractivity contribution in [1.82, 2.24) is 5.32 Å². The first-order valence-electron chi connectivity index (χ1n) is 7.33. The lowest BCUT2D eigenvalue weighted by Gasteiger charge is -2.13. The molecule has 4 heteroatoms. The molecule has 0 spiro atoms. The summed E-state index contributed by atoms with van der Waals surface area (Å²) in [6.07, 6.45) is 1.10. The lowest BCUT2D eigenvalue weighted by atomic mass is 10.2. The first-order chi connectivity index (χ1) is 9.63. The zero-order chi connectivity index (χ0) is 14.8. The van der Waals surface area contributed by atoms with Crippen LogP contribution in [-0.2, 0) is 6.54 Å². The molecular formula is C16H26BrNOS. The van der Waals surface area contributed by atoms with Crippen LogP contribution in [0.4, 0.5) is 0 Å². The summed E-state index contributed by atoms with van der Waals surface area (Å²) < 4.78 is 7.03. The van der Waals surface area contributed by atoms with Gasteiger partial charge in [-0.1, -0.05) is 36.7 Å². The molecule has 0 radical (unpaired) electrons. The zero-order valence-electron chi connectivity index (χ0n) is 12.7. The van der Waals surface area contributed by atoms with Gasteiger partial charge in [-0.05, 0) is 48.6 Å². The maximum atomic E-state index is 5.92. The van der Waals surface area contributed by atoms with Gasteiger partial charge in [0.25, 0.3) is 0 Å². The second-order valence-corrected chi connectivity index (χ2v) is 7.49. The molecule has 0 heterocycles. The molecular weight excluding hydrogens is 334 g/mol. The Balaban J connectivity index is 2.47. The largest absolute Gasteiger partial charge is 0.493 e. The van der Waals surface area contributed by atoms with Crippen LogP contribution < -0.4 is 10.1 Å². The second kappa shape index (κ2) is 10.5. The maximum Gasteiger partial charge on any atom is 0.123 e. The highest BCUT2D eigenvalue weighted by molar-refractivity contribution is 9.10. The smallest absolute Gasteiger partial charge is 0.123 e. The number of benzene rings is 1. The Bertz CT molecular complexity index is 385. The minimum atomic E-state index is 0.664. The molecule has 2 nitrogen and oxygen atoms in total. The third-order valence-corrected chi connectivity index (χ3v) is 4.26. The van der Waals surface area contributed by atoms with Crippen molar-refractivity contribution in [2.75, 3.05) is 24.7 Å². The summed E-state index contributed by atoms with van der Waals surface area (Å²) in [5, 5.41) is 3.47. The zero-order valence-corrected chi connectivity index (χ0v) is 15.1. The molecule has 1 N–H and O–H groups in total. The Morgan fingerprint density at radius 3 is 2.85 bits per heavy atom. The van der Waals surface area contributed by atoms with E-state index in [0.29, 0.717) is 5.92 Å². The van der Waals surface area contributed by atoms with Crippen molar-refractivity contribution in [3.63, 3.8) is 0 Å². The summed E-state index contributed by atoms with van der Waals surface area (Å²) in [6, 6.07) is 6.24. The number of hydrogen-bond donors (Lipinski definition) is 1. The molecule has 20 heavy (non-hydrogen) atoms. The van der Waals surface area contributed by atoms with Gasteiger partial charge in [-0.2, -0.15) is 11.8 Å². The number of rotatable bonds is 10. The van der Waals surface area contributed by atoms with Crippen molar-refractivity contribution >= 4 is 27.7 Å². The van der Waals surface area contributed by atoms with Gasteiger partial charge in [0.2, 0.25) is 0 Å². The summed E-state index contributed by atoms with van der Waals surface area (Å²) in [5.41, 5.74) is 1.23. The van der Waals surface area contributed by atoms with Gasteiger partial charge in [0.1, 0.15) is 5.75 Å². The van der Waals surface area contributed by atoms with Crippen LogP contribution in [0.5, 0.6) is 5.75 Å². The van der Waals surface area contributed by atoms with Crippen molar-refractivity contribution in [2.45, 2.75) is 33.7 Å². The van der Waals surface area contributed by atoms with Crippen LogP contribution >= 0.6 is 27.7 Å². The summed E-state index contributed by atoms with van der Waals surface area (Å²) >= 11 is 5.50. The predicted octanol–water partition coefficient (Wildman–Crippen LogP) is 4.72. The Morgan fingerprint density at radius 2 is 2.15 bits per heavy atom. The van der Waals surface area contributed by atoms with Gasteiger partial charge in [0.15, 0.2) is 0 Å². The van der Waals surface area contributed by atoms with Crippen LogP contribution in [0, 0.1) is 5.92 Å². The summed E-state index contributed by atoms with van der Waals surface area (Å²) in [4.78, 5) is 0. The molecule has 0 saturated carbocycles. The molecule has 114 valence electrons. The van der Waals surface area contributed by atoms with Gasteiger partial charge in [-0.25, -0.2) is 0 Å². The Morgan fingerprint density at radius 1 is 1.35 bits per heavy atom. The molecule has 1 aromatic rings. The van der Waals surface area contributed by atoms with Crippen LogP contribution in [0.2, 0.25) is 0 Å². The van der Waals surface area contributed by atoms with Crippen LogP contribution in [0.1, 0.15) is 32.8 Å². The molecule has 0 fully saturated rings. The second-order valence-electron chi connectivity index (χ2n) is 5.18. The fraction of sp³-hybridized carbons (Fsp3) is 0.625. The maximum absolute atomic E-state index is 5.92. The van der Waals surface area contributed by atoms with Crippen LogP contribution in [0.3, 0.4) is 0 Å². The van der Waals surface area contributed by atoms with Crippen LogP contribution in [-0.4, -0.2) is 24.7 Å². The van der Waals surface area contributed by atoms with Crippen molar-refractivity contribution in [3.05, 3.63) is 28.2 Å².